The zero-order valence-electron chi connectivity index (χ0n) is 20.4. The summed E-state index contributed by atoms with van der Waals surface area (Å²) in [5, 5.41) is 0. The van der Waals surface area contributed by atoms with Gasteiger partial charge >= 0.3 is 15.1 Å². The van der Waals surface area contributed by atoms with E-state index in [-0.39, 0.29) is 0 Å². The van der Waals surface area contributed by atoms with E-state index in [4.69, 9.17) is 21.4 Å². The Balaban J connectivity index is 1.50. The van der Waals surface area contributed by atoms with E-state index in [0.717, 1.165) is 33.7 Å². The number of aliphatic imine (C=N–C) groups is 2. The number of nitrogens with zero attached hydrogens (tertiary/aromatic N) is 2. The Kier molecular flexibility index (Phi) is 7.47. The largest absolute Gasteiger partial charge is 1.20 e. The van der Waals surface area contributed by atoms with Crippen LogP contribution in [-0.2, 0) is 0 Å². The molecule has 6 heteroatoms. The van der Waals surface area contributed by atoms with Crippen LogP contribution in [0.2, 0.25) is 0 Å². The molecule has 1 heterocycles. The van der Waals surface area contributed by atoms with Crippen molar-refractivity contribution in [1.29, 1.82) is 0 Å². The van der Waals surface area contributed by atoms with E-state index in [0.29, 0.717) is 30.3 Å². The molecule has 0 fully saturated rings. The fourth-order valence-corrected chi connectivity index (χ4v) is 5.44. The van der Waals surface area contributed by atoms with Crippen LogP contribution >= 0.6 is 0 Å². The van der Waals surface area contributed by atoms with Crippen LogP contribution < -0.4 is 11.4 Å². The summed E-state index contributed by atoms with van der Waals surface area (Å²) in [7, 11) is 0. The monoisotopic (exact) mass is 490 g/mol. The lowest BCUT2D eigenvalue weighted by Gasteiger charge is -2.20. The smallest absolute Gasteiger partial charge is 0.577 e. The highest BCUT2D eigenvalue weighted by atomic mass is 27.3. The van der Waals surface area contributed by atoms with Crippen molar-refractivity contribution in [2.75, 3.05) is 13.1 Å². The molecular formula is C30H27AlN2O3. The van der Waals surface area contributed by atoms with E-state index < -0.39 is 15.1 Å². The normalized spacial score (nSPS) is 13.8. The topological polar surface area (TPSA) is 52.4 Å². The molecule has 0 aromatic heterocycles. The minimum atomic E-state index is -2.75. The van der Waals surface area contributed by atoms with Gasteiger partial charge in [-0.15, -0.1) is 0 Å². The molecule has 1 aliphatic heterocycles. The number of benzene rings is 4. The van der Waals surface area contributed by atoms with Crippen LogP contribution in [0.25, 0.3) is 11.1 Å². The Morgan fingerprint density at radius 2 is 1.06 bits per heavy atom. The number of para-hydroxylation sites is 2. The fraction of sp³-hybridized carbons (Fsp3) is 0.133. The van der Waals surface area contributed by atoms with Crippen LogP contribution in [0.3, 0.4) is 0 Å². The van der Waals surface area contributed by atoms with Gasteiger partial charge in [-0.3, -0.25) is 9.98 Å². The third-order valence-corrected chi connectivity index (χ3v) is 7.35. The van der Waals surface area contributed by atoms with Crippen molar-refractivity contribution in [3.8, 4) is 28.4 Å². The summed E-state index contributed by atoms with van der Waals surface area (Å²) in [6.45, 7) is 5.19. The third kappa shape index (κ3) is 5.68. The van der Waals surface area contributed by atoms with Crippen molar-refractivity contribution in [3.63, 3.8) is 0 Å². The fourth-order valence-electron chi connectivity index (χ4n) is 4.09. The van der Waals surface area contributed by atoms with E-state index in [1.54, 1.807) is 0 Å². The van der Waals surface area contributed by atoms with E-state index in [2.05, 4.69) is 12.1 Å². The number of hydrogen-bond donors (Lipinski definition) is 0. The summed E-state index contributed by atoms with van der Waals surface area (Å²) in [6, 6.07) is 34.0. The predicted molar refractivity (Wildman–Crippen MR) is 147 cm³/mol. The minimum absolute atomic E-state index is 0.603. The second-order valence-electron chi connectivity index (χ2n) is 8.46. The lowest BCUT2D eigenvalue weighted by atomic mass is 10.1. The molecule has 0 saturated carbocycles. The lowest BCUT2D eigenvalue weighted by molar-refractivity contribution is 0.307. The maximum Gasteiger partial charge on any atom is 1.20 e. The first kappa shape index (κ1) is 23.9. The number of rotatable bonds is 3. The molecule has 4 aromatic rings. The van der Waals surface area contributed by atoms with E-state index in [1.807, 2.05) is 105 Å². The Bertz CT molecular complexity index is 1320. The van der Waals surface area contributed by atoms with Crippen LogP contribution in [0.4, 0.5) is 0 Å². The van der Waals surface area contributed by atoms with Crippen molar-refractivity contribution in [2.45, 2.75) is 13.8 Å². The molecule has 5 nitrogen and oxygen atoms in total. The molecule has 1 aliphatic rings. The summed E-state index contributed by atoms with van der Waals surface area (Å²) in [4.78, 5) is 9.46. The zero-order valence-corrected chi connectivity index (χ0v) is 21.6. The molecule has 0 atom stereocenters. The van der Waals surface area contributed by atoms with Gasteiger partial charge in [0.1, 0.15) is 0 Å². The Morgan fingerprint density at radius 3 is 1.61 bits per heavy atom. The maximum atomic E-state index is 6.46. The van der Waals surface area contributed by atoms with E-state index in [1.165, 1.54) is 0 Å². The van der Waals surface area contributed by atoms with Crippen molar-refractivity contribution < 1.29 is 11.4 Å². The molecule has 0 saturated heterocycles. The molecular weight excluding hydrogens is 463 g/mol. The van der Waals surface area contributed by atoms with Crippen LogP contribution in [0.5, 0.6) is 17.2 Å². The highest BCUT2D eigenvalue weighted by Crippen LogP contribution is 2.27. The quantitative estimate of drug-likeness (QED) is 0.308. The van der Waals surface area contributed by atoms with Gasteiger partial charge < -0.3 is 11.4 Å². The van der Waals surface area contributed by atoms with Crippen molar-refractivity contribution in [2.24, 2.45) is 9.98 Å². The van der Waals surface area contributed by atoms with Crippen LogP contribution in [0.1, 0.15) is 25.0 Å². The summed E-state index contributed by atoms with van der Waals surface area (Å²) >= 11 is -2.75. The van der Waals surface area contributed by atoms with Gasteiger partial charge in [0.15, 0.2) is 0 Å². The third-order valence-electron chi connectivity index (χ3n) is 5.99. The first-order valence-corrected chi connectivity index (χ1v) is 13.5. The molecule has 36 heavy (non-hydrogen) atoms. The molecule has 0 aliphatic carbocycles. The lowest BCUT2D eigenvalue weighted by Crippen LogP contribution is -2.37. The summed E-state index contributed by atoms with van der Waals surface area (Å²) in [5.41, 5.74) is 5.93. The highest BCUT2D eigenvalue weighted by Gasteiger charge is 2.45. The zero-order chi connectivity index (χ0) is 24.7. The molecule has 178 valence electrons. The van der Waals surface area contributed by atoms with Gasteiger partial charge in [-0.1, -0.05) is 66.7 Å². The van der Waals surface area contributed by atoms with Gasteiger partial charge in [-0.2, -0.15) is 0 Å². The van der Waals surface area contributed by atoms with Crippen molar-refractivity contribution in [3.05, 3.63) is 114 Å². The number of fused-ring (bicyclic) bond motifs is 2. The first-order valence-electron chi connectivity index (χ1n) is 12.0. The van der Waals surface area contributed by atoms with E-state index in [9.17, 15) is 0 Å². The number of hydrogen-bond acceptors (Lipinski definition) is 5. The average molecular weight is 491 g/mol. The standard InChI is InChI=1S/C18H20N2O2.C12H10O.Al/c1-13(15-7-3-5-9-17(15)21)19-11-12-20-14(2)16-8-4-6-10-18(16)22;13-12-8-6-11(7-9-12)10-4-2-1-3-5-10;/h3-10,21-22H,11-12H2,1-2H3;1-9,13H;/q;;+3/p-3. The molecule has 5 rings (SSSR count). The van der Waals surface area contributed by atoms with Gasteiger partial charge in [0.25, 0.3) is 0 Å². The summed E-state index contributed by atoms with van der Waals surface area (Å²) < 4.78 is 19.3. The molecule has 0 unspecified atom stereocenters. The SMILES string of the molecule is CC1=NCCN=C(C)c2ccccc2[O][Al]([O]c2ccc(-c3ccccc3)cc2)[O]c2ccccc21. The molecule has 0 spiro atoms. The summed E-state index contributed by atoms with van der Waals surface area (Å²) in [5.74, 6) is 2.10. The van der Waals surface area contributed by atoms with Crippen LogP contribution in [0.15, 0.2) is 113 Å². The van der Waals surface area contributed by atoms with Gasteiger partial charge in [0.05, 0.1) is 30.3 Å². The average Bonchev–Trinajstić information content (AvgIpc) is 2.92. The Morgan fingerprint density at radius 1 is 0.583 bits per heavy atom. The minimum Gasteiger partial charge on any atom is -0.577 e. The molecule has 0 radical (unpaired) electrons. The first-order chi connectivity index (χ1) is 17.7. The Labute approximate surface area is 217 Å². The molecule has 0 N–H and O–H groups in total. The van der Waals surface area contributed by atoms with Gasteiger partial charge in [-0.05, 0) is 61.4 Å². The van der Waals surface area contributed by atoms with E-state index >= 15 is 0 Å². The maximum absolute atomic E-state index is 6.46. The van der Waals surface area contributed by atoms with Crippen molar-refractivity contribution >= 4 is 26.6 Å². The molecule has 4 aromatic carbocycles. The highest BCUT2D eigenvalue weighted by molar-refractivity contribution is 6.40. The van der Waals surface area contributed by atoms with Crippen molar-refractivity contribution in [1.82, 2.24) is 0 Å². The Hall–Kier alpha value is -3.85. The van der Waals surface area contributed by atoms with Gasteiger partial charge in [0.2, 0.25) is 0 Å². The second-order valence-corrected chi connectivity index (χ2v) is 9.74. The molecule has 0 bridgehead atoms. The second kappa shape index (κ2) is 11.3. The summed E-state index contributed by atoms with van der Waals surface area (Å²) in [6.07, 6.45) is 0. The van der Waals surface area contributed by atoms with Crippen LogP contribution in [-0.4, -0.2) is 39.7 Å². The van der Waals surface area contributed by atoms with Gasteiger partial charge in [0, 0.05) is 22.6 Å². The van der Waals surface area contributed by atoms with Gasteiger partial charge in [-0.25, -0.2) is 0 Å². The molecule has 0 amide bonds. The van der Waals surface area contributed by atoms with Crippen LogP contribution in [0, 0.1) is 0 Å². The predicted octanol–water partition coefficient (Wildman–Crippen LogP) is 6.51.